The summed E-state index contributed by atoms with van der Waals surface area (Å²) in [6, 6.07) is 7.12. The first-order valence-corrected chi connectivity index (χ1v) is 7.70. The molecule has 130 valence electrons. The van der Waals surface area contributed by atoms with Crippen LogP contribution in [0.25, 0.3) is 5.82 Å². The summed E-state index contributed by atoms with van der Waals surface area (Å²) in [4.78, 5) is 29.3. The number of aromatic nitrogens is 3. The lowest BCUT2D eigenvalue weighted by Gasteiger charge is -2.15. The number of rotatable bonds is 6. The summed E-state index contributed by atoms with van der Waals surface area (Å²) < 4.78 is 6.67. The molecule has 2 heterocycles. The van der Waals surface area contributed by atoms with Gasteiger partial charge in [0.05, 0.1) is 23.7 Å². The minimum absolute atomic E-state index is 0.230. The zero-order valence-electron chi connectivity index (χ0n) is 14.4. The molecule has 0 aromatic carbocycles. The second-order valence-corrected chi connectivity index (χ2v) is 5.54. The van der Waals surface area contributed by atoms with Crippen molar-refractivity contribution in [1.82, 2.24) is 19.7 Å². The Labute approximate surface area is 145 Å². The number of carbonyl (C=O) groups excluding carboxylic acids is 2. The lowest BCUT2D eigenvalue weighted by molar-refractivity contribution is -0.133. The largest absolute Gasteiger partial charge is 0.452 e. The average molecular weight is 341 g/mol. The highest BCUT2D eigenvalue weighted by molar-refractivity contribution is 5.91. The smallest absolute Gasteiger partial charge is 0.340 e. The second-order valence-electron chi connectivity index (χ2n) is 5.54. The minimum atomic E-state index is -0.630. The zero-order valence-corrected chi connectivity index (χ0v) is 14.4. The fourth-order valence-electron chi connectivity index (χ4n) is 2.16. The highest BCUT2D eigenvalue weighted by Gasteiger charge is 2.14. The van der Waals surface area contributed by atoms with Crippen molar-refractivity contribution in [2.24, 2.45) is 0 Å². The fraction of sp³-hybridized carbons (Fsp3) is 0.353. The maximum absolute atomic E-state index is 12.0. The van der Waals surface area contributed by atoms with Gasteiger partial charge in [0, 0.05) is 25.5 Å². The minimum Gasteiger partial charge on any atom is -0.452 e. The SMILES string of the molecule is Cc1cc(C)n(-c2ccc(C(=O)OCC(=O)N(C)CCC#N)cn2)n1. The number of amides is 1. The summed E-state index contributed by atoms with van der Waals surface area (Å²) in [5.74, 6) is -0.403. The molecule has 8 heteroatoms. The highest BCUT2D eigenvalue weighted by atomic mass is 16.5. The van der Waals surface area contributed by atoms with E-state index in [9.17, 15) is 9.59 Å². The van der Waals surface area contributed by atoms with Crippen molar-refractivity contribution >= 4 is 11.9 Å². The van der Waals surface area contributed by atoms with Gasteiger partial charge < -0.3 is 9.64 Å². The summed E-state index contributed by atoms with van der Waals surface area (Å²) >= 11 is 0. The first-order valence-electron chi connectivity index (χ1n) is 7.70. The van der Waals surface area contributed by atoms with E-state index in [0.717, 1.165) is 11.4 Å². The van der Waals surface area contributed by atoms with E-state index in [0.29, 0.717) is 12.4 Å². The van der Waals surface area contributed by atoms with E-state index in [4.69, 9.17) is 10.00 Å². The first-order chi connectivity index (χ1) is 11.9. The number of pyridine rings is 1. The van der Waals surface area contributed by atoms with Gasteiger partial charge in [-0.15, -0.1) is 0 Å². The van der Waals surface area contributed by atoms with Gasteiger partial charge in [-0.25, -0.2) is 14.5 Å². The number of esters is 1. The fourth-order valence-corrected chi connectivity index (χ4v) is 2.16. The first kappa shape index (κ1) is 18.1. The second kappa shape index (κ2) is 8.06. The molecule has 0 unspecified atom stereocenters. The summed E-state index contributed by atoms with van der Waals surface area (Å²) in [5, 5.41) is 12.8. The van der Waals surface area contributed by atoms with Crippen LogP contribution in [0.5, 0.6) is 0 Å². The quantitative estimate of drug-likeness (QED) is 0.736. The Morgan fingerprint density at radius 3 is 2.68 bits per heavy atom. The molecule has 0 aliphatic carbocycles. The van der Waals surface area contributed by atoms with Gasteiger partial charge in [0.1, 0.15) is 0 Å². The Balaban J connectivity index is 1.96. The molecule has 0 atom stereocenters. The third kappa shape index (κ3) is 4.64. The highest BCUT2D eigenvalue weighted by Crippen LogP contribution is 2.11. The maximum Gasteiger partial charge on any atom is 0.340 e. The van der Waals surface area contributed by atoms with Crippen molar-refractivity contribution < 1.29 is 14.3 Å². The molecule has 0 fully saturated rings. The molecular weight excluding hydrogens is 322 g/mol. The molecule has 0 saturated heterocycles. The molecule has 25 heavy (non-hydrogen) atoms. The number of aryl methyl sites for hydroxylation is 2. The van der Waals surface area contributed by atoms with Crippen molar-refractivity contribution in [3.63, 3.8) is 0 Å². The molecule has 0 N–H and O–H groups in total. The Hall–Kier alpha value is -3.21. The van der Waals surface area contributed by atoms with Crippen LogP contribution in [0, 0.1) is 25.2 Å². The van der Waals surface area contributed by atoms with Crippen LogP contribution in [0.4, 0.5) is 0 Å². The zero-order chi connectivity index (χ0) is 18.4. The lowest BCUT2D eigenvalue weighted by Crippen LogP contribution is -2.31. The van der Waals surface area contributed by atoms with Crippen LogP contribution in [0.15, 0.2) is 24.4 Å². The van der Waals surface area contributed by atoms with E-state index in [1.807, 2.05) is 26.0 Å². The van der Waals surface area contributed by atoms with Crippen molar-refractivity contribution in [3.8, 4) is 11.9 Å². The Morgan fingerprint density at radius 1 is 1.36 bits per heavy atom. The summed E-state index contributed by atoms with van der Waals surface area (Å²) in [5.41, 5.74) is 2.06. The van der Waals surface area contributed by atoms with Crippen LogP contribution in [0.2, 0.25) is 0 Å². The van der Waals surface area contributed by atoms with Gasteiger partial charge in [0.25, 0.3) is 5.91 Å². The Bertz CT molecular complexity index is 805. The summed E-state index contributed by atoms with van der Waals surface area (Å²) in [6.45, 7) is 3.73. The number of hydrogen-bond donors (Lipinski definition) is 0. The van der Waals surface area contributed by atoms with Crippen LogP contribution in [0.1, 0.15) is 28.2 Å². The molecule has 0 radical (unpaired) electrons. The number of likely N-dealkylation sites (N-methyl/N-ethyl adjacent to an activating group) is 1. The molecule has 1 amide bonds. The number of nitrogens with zero attached hydrogens (tertiary/aromatic N) is 5. The van der Waals surface area contributed by atoms with Crippen molar-refractivity contribution in [1.29, 1.82) is 5.26 Å². The van der Waals surface area contributed by atoms with E-state index >= 15 is 0 Å². The van der Waals surface area contributed by atoms with Gasteiger partial charge >= 0.3 is 5.97 Å². The molecule has 2 rings (SSSR count). The lowest BCUT2D eigenvalue weighted by atomic mass is 10.3. The monoisotopic (exact) mass is 341 g/mol. The van der Waals surface area contributed by atoms with Gasteiger partial charge in [0.2, 0.25) is 0 Å². The van der Waals surface area contributed by atoms with Crippen LogP contribution >= 0.6 is 0 Å². The van der Waals surface area contributed by atoms with Gasteiger partial charge in [-0.3, -0.25) is 4.79 Å². The summed E-state index contributed by atoms with van der Waals surface area (Å²) in [7, 11) is 1.55. The molecule has 8 nitrogen and oxygen atoms in total. The van der Waals surface area contributed by atoms with E-state index in [1.165, 1.54) is 11.1 Å². The predicted octanol–water partition coefficient (Wildman–Crippen LogP) is 1.41. The maximum atomic E-state index is 12.0. The van der Waals surface area contributed by atoms with Crippen LogP contribution in [0.3, 0.4) is 0 Å². The summed E-state index contributed by atoms with van der Waals surface area (Å²) in [6.07, 6.45) is 1.62. The number of nitriles is 1. The molecule has 0 aliphatic rings. The Kier molecular flexibility index (Phi) is 5.84. The van der Waals surface area contributed by atoms with Gasteiger partial charge in [-0.05, 0) is 32.0 Å². The van der Waals surface area contributed by atoms with E-state index in [-0.39, 0.29) is 24.5 Å². The van der Waals surface area contributed by atoms with E-state index < -0.39 is 5.97 Å². The molecular formula is C17H19N5O3. The van der Waals surface area contributed by atoms with Crippen molar-refractivity contribution in [2.75, 3.05) is 20.2 Å². The van der Waals surface area contributed by atoms with Gasteiger partial charge in [-0.2, -0.15) is 10.4 Å². The van der Waals surface area contributed by atoms with Crippen LogP contribution in [-0.2, 0) is 9.53 Å². The third-order valence-corrected chi connectivity index (χ3v) is 3.52. The van der Waals surface area contributed by atoms with Gasteiger partial charge in [-0.1, -0.05) is 0 Å². The van der Waals surface area contributed by atoms with Crippen LogP contribution in [-0.4, -0.2) is 51.7 Å². The topological polar surface area (TPSA) is 101 Å². The predicted molar refractivity (Wildman–Crippen MR) is 89.0 cm³/mol. The van der Waals surface area contributed by atoms with E-state index in [1.54, 1.807) is 23.9 Å². The number of carbonyl (C=O) groups is 2. The number of ether oxygens (including phenoxy) is 1. The van der Waals surface area contributed by atoms with Crippen molar-refractivity contribution in [3.05, 3.63) is 41.3 Å². The molecule has 2 aromatic heterocycles. The van der Waals surface area contributed by atoms with Gasteiger partial charge in [0.15, 0.2) is 12.4 Å². The van der Waals surface area contributed by atoms with Crippen molar-refractivity contribution in [2.45, 2.75) is 20.3 Å². The normalized spacial score (nSPS) is 10.2. The molecule has 0 saturated carbocycles. The molecule has 0 aliphatic heterocycles. The Morgan fingerprint density at radius 2 is 2.12 bits per heavy atom. The number of hydrogen-bond acceptors (Lipinski definition) is 6. The molecule has 0 bridgehead atoms. The van der Waals surface area contributed by atoms with E-state index in [2.05, 4.69) is 10.1 Å². The average Bonchev–Trinajstić information content (AvgIpc) is 2.95. The molecule has 2 aromatic rings. The standard InChI is InChI=1S/C17H19N5O3/c1-12-9-13(2)22(20-12)15-6-5-14(10-19-15)17(24)25-11-16(23)21(3)8-4-7-18/h5-6,9-10H,4,8,11H2,1-3H3. The van der Waals surface area contributed by atoms with Crippen LogP contribution < -0.4 is 0 Å². The third-order valence-electron chi connectivity index (χ3n) is 3.52. The molecule has 0 spiro atoms.